The van der Waals surface area contributed by atoms with Crippen LogP contribution < -0.4 is 10.1 Å². The molecule has 0 fully saturated rings. The largest absolute Gasteiger partial charge is 0.494 e. The lowest BCUT2D eigenvalue weighted by atomic mass is 10.2. The third-order valence-electron chi connectivity index (χ3n) is 3.86. The first-order chi connectivity index (χ1) is 13.5. The number of ether oxygens (including phenoxy) is 2. The molecule has 0 aliphatic heterocycles. The Balaban J connectivity index is 1.66. The maximum absolute atomic E-state index is 12.3. The highest BCUT2D eigenvalue weighted by Gasteiger charge is 2.06. The molecule has 6 heteroatoms. The van der Waals surface area contributed by atoms with Gasteiger partial charge in [-0.25, -0.2) is 4.79 Å². The molecule has 2 aromatic carbocycles. The molecule has 148 valence electrons. The van der Waals surface area contributed by atoms with Gasteiger partial charge >= 0.3 is 5.97 Å². The molecular weight excluding hydrogens is 422 g/mol. The molecule has 0 saturated carbocycles. The maximum atomic E-state index is 12.3. The summed E-state index contributed by atoms with van der Waals surface area (Å²) in [7, 11) is 0. The fourth-order valence-corrected chi connectivity index (χ4v) is 2.56. The third kappa shape index (κ3) is 7.56. The molecule has 0 aromatic heterocycles. The van der Waals surface area contributed by atoms with Crippen LogP contribution in [0.5, 0.6) is 5.75 Å². The second kappa shape index (κ2) is 11.3. The number of esters is 1. The number of hydrogen-bond acceptors (Lipinski definition) is 4. The van der Waals surface area contributed by atoms with Gasteiger partial charge in [0.05, 0.1) is 13.2 Å². The molecule has 0 radical (unpaired) electrons. The number of nitrogens with one attached hydrogen (secondary N) is 1. The summed E-state index contributed by atoms with van der Waals surface area (Å²) < 4.78 is 11.7. The van der Waals surface area contributed by atoms with E-state index >= 15 is 0 Å². The van der Waals surface area contributed by atoms with E-state index < -0.39 is 0 Å². The highest BCUT2D eigenvalue weighted by atomic mass is 79.9. The second-order valence-electron chi connectivity index (χ2n) is 6.31. The van der Waals surface area contributed by atoms with Crippen molar-refractivity contribution in [3.8, 4) is 5.75 Å². The molecule has 0 atom stereocenters. The molecule has 2 rings (SSSR count). The average Bonchev–Trinajstić information content (AvgIpc) is 2.69. The maximum Gasteiger partial charge on any atom is 0.333 e. The van der Waals surface area contributed by atoms with Crippen LogP contribution in [0.2, 0.25) is 0 Å². The SMILES string of the molecule is C=C(C)C(=O)OCCCCCOc1ccc(C(=O)Nc2ccc(Br)cc2)cc1. The van der Waals surface area contributed by atoms with E-state index in [2.05, 4.69) is 27.8 Å². The van der Waals surface area contributed by atoms with E-state index in [-0.39, 0.29) is 11.9 Å². The standard InChI is InChI=1S/C22H24BrNO4/c1-16(2)22(26)28-15-5-3-4-14-27-20-12-6-17(7-13-20)21(25)24-19-10-8-18(23)9-11-19/h6-13H,1,3-5,14-15H2,2H3,(H,24,25). The molecule has 0 spiro atoms. The Morgan fingerprint density at radius 3 is 2.25 bits per heavy atom. The molecule has 5 nitrogen and oxygen atoms in total. The Bertz CT molecular complexity index is 800. The minimum atomic E-state index is -0.347. The van der Waals surface area contributed by atoms with E-state index in [4.69, 9.17) is 9.47 Å². The zero-order valence-corrected chi connectivity index (χ0v) is 17.5. The van der Waals surface area contributed by atoms with Gasteiger partial charge in [0.2, 0.25) is 0 Å². The molecule has 1 amide bonds. The summed E-state index contributed by atoms with van der Waals surface area (Å²) >= 11 is 3.36. The van der Waals surface area contributed by atoms with Gasteiger partial charge in [-0.3, -0.25) is 4.79 Å². The fourth-order valence-electron chi connectivity index (χ4n) is 2.30. The monoisotopic (exact) mass is 445 g/mol. The molecule has 0 bridgehead atoms. The lowest BCUT2D eigenvalue weighted by Crippen LogP contribution is -2.11. The van der Waals surface area contributed by atoms with Crippen molar-refractivity contribution in [1.29, 1.82) is 0 Å². The normalized spacial score (nSPS) is 10.2. The quantitative estimate of drug-likeness (QED) is 0.303. The smallest absolute Gasteiger partial charge is 0.333 e. The molecule has 0 heterocycles. The van der Waals surface area contributed by atoms with E-state index in [9.17, 15) is 9.59 Å². The van der Waals surface area contributed by atoms with Crippen LogP contribution in [-0.2, 0) is 9.53 Å². The third-order valence-corrected chi connectivity index (χ3v) is 4.39. The van der Waals surface area contributed by atoms with Crippen LogP contribution >= 0.6 is 15.9 Å². The Morgan fingerprint density at radius 2 is 1.61 bits per heavy atom. The highest BCUT2D eigenvalue weighted by molar-refractivity contribution is 9.10. The fraction of sp³-hybridized carbons (Fsp3) is 0.273. The molecule has 0 aliphatic carbocycles. The van der Waals surface area contributed by atoms with Crippen LogP contribution in [0.3, 0.4) is 0 Å². The van der Waals surface area contributed by atoms with Crippen molar-refractivity contribution >= 4 is 33.5 Å². The summed E-state index contributed by atoms with van der Waals surface area (Å²) in [5.41, 5.74) is 1.72. The van der Waals surface area contributed by atoms with Crippen molar-refractivity contribution in [2.24, 2.45) is 0 Å². The van der Waals surface area contributed by atoms with Crippen molar-refractivity contribution < 1.29 is 19.1 Å². The molecular formula is C22H24BrNO4. The van der Waals surface area contributed by atoms with E-state index in [1.165, 1.54) is 0 Å². The lowest BCUT2D eigenvalue weighted by Gasteiger charge is -2.08. The van der Waals surface area contributed by atoms with Gasteiger partial charge in [0.15, 0.2) is 0 Å². The number of rotatable bonds is 10. The minimum absolute atomic E-state index is 0.168. The van der Waals surface area contributed by atoms with Gasteiger partial charge < -0.3 is 14.8 Å². The van der Waals surface area contributed by atoms with E-state index in [0.29, 0.717) is 30.1 Å². The van der Waals surface area contributed by atoms with E-state index in [0.717, 1.165) is 29.4 Å². The predicted octanol–water partition coefficient (Wildman–Crippen LogP) is 5.37. The van der Waals surface area contributed by atoms with Crippen LogP contribution in [0.4, 0.5) is 5.69 Å². The highest BCUT2D eigenvalue weighted by Crippen LogP contribution is 2.17. The first-order valence-electron chi connectivity index (χ1n) is 9.08. The average molecular weight is 446 g/mol. The molecule has 0 saturated heterocycles. The number of benzene rings is 2. The number of unbranched alkanes of at least 4 members (excludes halogenated alkanes) is 2. The number of amides is 1. The lowest BCUT2D eigenvalue weighted by molar-refractivity contribution is -0.139. The molecule has 2 aromatic rings. The van der Waals surface area contributed by atoms with Gasteiger partial charge in [0.25, 0.3) is 5.91 Å². The number of halogens is 1. The van der Waals surface area contributed by atoms with Crippen LogP contribution in [0.1, 0.15) is 36.5 Å². The summed E-state index contributed by atoms with van der Waals surface area (Å²) in [6, 6.07) is 14.4. The molecule has 1 N–H and O–H groups in total. The van der Waals surface area contributed by atoms with Crippen LogP contribution in [0, 0.1) is 0 Å². The zero-order valence-electron chi connectivity index (χ0n) is 15.9. The Morgan fingerprint density at radius 1 is 0.964 bits per heavy atom. The van der Waals surface area contributed by atoms with Crippen molar-refractivity contribution in [3.05, 3.63) is 70.7 Å². The number of carbonyl (C=O) groups excluding carboxylic acids is 2. The van der Waals surface area contributed by atoms with Gasteiger partial charge in [0, 0.05) is 21.3 Å². The second-order valence-corrected chi connectivity index (χ2v) is 7.23. The summed E-state index contributed by atoms with van der Waals surface area (Å²) in [6.07, 6.45) is 2.55. The summed E-state index contributed by atoms with van der Waals surface area (Å²) in [5.74, 6) is 0.201. The first-order valence-corrected chi connectivity index (χ1v) is 9.87. The summed E-state index contributed by atoms with van der Waals surface area (Å²) in [4.78, 5) is 23.5. The Labute approximate surface area is 173 Å². The molecule has 0 aliphatic rings. The van der Waals surface area contributed by atoms with Gasteiger partial charge in [-0.15, -0.1) is 0 Å². The minimum Gasteiger partial charge on any atom is -0.494 e. The molecule has 28 heavy (non-hydrogen) atoms. The Hall–Kier alpha value is -2.60. The Kier molecular flexibility index (Phi) is 8.75. The van der Waals surface area contributed by atoms with Crippen molar-refractivity contribution in [2.45, 2.75) is 26.2 Å². The van der Waals surface area contributed by atoms with Gasteiger partial charge in [-0.2, -0.15) is 0 Å². The van der Waals surface area contributed by atoms with Gasteiger partial charge in [0.1, 0.15) is 5.75 Å². The van der Waals surface area contributed by atoms with Crippen LogP contribution in [0.25, 0.3) is 0 Å². The molecule has 0 unspecified atom stereocenters. The van der Waals surface area contributed by atoms with Crippen LogP contribution in [-0.4, -0.2) is 25.1 Å². The zero-order chi connectivity index (χ0) is 20.4. The number of anilines is 1. The van der Waals surface area contributed by atoms with E-state index in [1.54, 1.807) is 31.2 Å². The van der Waals surface area contributed by atoms with Crippen molar-refractivity contribution in [1.82, 2.24) is 0 Å². The van der Waals surface area contributed by atoms with Gasteiger partial charge in [-0.1, -0.05) is 22.5 Å². The number of hydrogen-bond donors (Lipinski definition) is 1. The topological polar surface area (TPSA) is 64.6 Å². The summed E-state index contributed by atoms with van der Waals surface area (Å²) in [5, 5.41) is 2.85. The predicted molar refractivity (Wildman–Crippen MR) is 114 cm³/mol. The van der Waals surface area contributed by atoms with E-state index in [1.807, 2.05) is 24.3 Å². The number of carbonyl (C=O) groups is 2. The van der Waals surface area contributed by atoms with Crippen molar-refractivity contribution in [2.75, 3.05) is 18.5 Å². The first kappa shape index (κ1) is 21.7. The van der Waals surface area contributed by atoms with Gasteiger partial charge in [-0.05, 0) is 74.7 Å². The van der Waals surface area contributed by atoms with Crippen LogP contribution in [0.15, 0.2) is 65.2 Å². The van der Waals surface area contributed by atoms with Crippen molar-refractivity contribution in [3.63, 3.8) is 0 Å². The summed E-state index contributed by atoms with van der Waals surface area (Å²) in [6.45, 7) is 6.13.